The first-order chi connectivity index (χ1) is 30.5. The number of rotatable bonds is 50. The van der Waals surface area contributed by atoms with Gasteiger partial charge >= 0.3 is 0 Å². The van der Waals surface area contributed by atoms with Crippen LogP contribution in [0.4, 0.5) is 0 Å². The van der Waals surface area contributed by atoms with Crippen LogP contribution in [0.25, 0.3) is 0 Å². The molecule has 0 saturated carbocycles. The quantitative estimate of drug-likeness (QED) is 0.0272. The van der Waals surface area contributed by atoms with Gasteiger partial charge in [-0.05, 0) is 32.1 Å². The van der Waals surface area contributed by atoms with Crippen LogP contribution in [0.1, 0.15) is 264 Å². The molecule has 0 radical (unpaired) electrons. The number of hydrogen-bond donors (Lipinski definition) is 2. The second-order valence-corrected chi connectivity index (χ2v) is 21.3. The number of phosphoric ester groups is 1. The lowest BCUT2D eigenvalue weighted by atomic mass is 10.0. The molecule has 2 N–H and O–H groups in total. The fraction of sp³-hybridized carbons (Fsp3) is 0.907. The highest BCUT2D eigenvalue weighted by atomic mass is 31.2. The maximum absolute atomic E-state index is 12.9. The number of carbonyl (C=O) groups excluding carboxylic acids is 1. The summed E-state index contributed by atoms with van der Waals surface area (Å²) < 4.78 is 23.2. The average molecular weight is 911 g/mol. The number of unbranched alkanes of at least 4 members (excludes halogenated alkanes) is 35. The summed E-state index contributed by atoms with van der Waals surface area (Å²) in [5, 5.41) is 13.7. The van der Waals surface area contributed by atoms with Crippen molar-refractivity contribution >= 4 is 13.7 Å². The van der Waals surface area contributed by atoms with E-state index < -0.39 is 20.0 Å². The molecule has 0 aliphatic heterocycles. The zero-order valence-electron chi connectivity index (χ0n) is 42.5. The molecule has 3 unspecified atom stereocenters. The molecule has 0 spiro atoms. The zero-order chi connectivity index (χ0) is 46.4. The number of quaternary nitrogens is 1. The minimum absolute atomic E-state index is 0.00438. The maximum Gasteiger partial charge on any atom is 0.268 e. The van der Waals surface area contributed by atoms with Crippen LogP contribution >= 0.6 is 7.82 Å². The second-order valence-electron chi connectivity index (χ2n) is 19.9. The Balaban J connectivity index is 3.95. The maximum atomic E-state index is 12.9. The van der Waals surface area contributed by atoms with Crippen molar-refractivity contribution in [3.63, 3.8) is 0 Å². The Labute approximate surface area is 392 Å². The SMILES string of the molecule is CCCCCC/C=C/CC/C=C/C(O)C(COP(=O)([O-])OCC[N+](C)(C)C)NC(=O)CCCCCCCCCCCCCCCCCCCCCCCCCCCCCCCCC. The standard InChI is InChI=1S/C54H107N2O6P/c1-6-8-10-12-14-16-18-19-20-21-22-23-24-25-26-27-28-29-30-31-32-33-34-35-36-37-38-40-42-44-46-48-54(58)55-52(51-62-63(59,60)61-50-49-56(3,4)5)53(57)47-45-43-41-39-17-15-13-11-9-7-2/h17,39,45,47,52-53,57H,6-16,18-38,40-44,46,48-51H2,1-5H3,(H-,55,58,59,60)/b39-17+,47-45+. The van der Waals surface area contributed by atoms with Crippen LogP contribution in [-0.4, -0.2) is 68.5 Å². The summed E-state index contributed by atoms with van der Waals surface area (Å²) >= 11 is 0. The summed E-state index contributed by atoms with van der Waals surface area (Å²) in [6.45, 7) is 4.61. The van der Waals surface area contributed by atoms with Crippen molar-refractivity contribution in [1.29, 1.82) is 0 Å². The Morgan fingerprint density at radius 1 is 0.540 bits per heavy atom. The number of carbonyl (C=O) groups is 1. The van der Waals surface area contributed by atoms with Crippen LogP contribution in [0.2, 0.25) is 0 Å². The first-order valence-electron chi connectivity index (χ1n) is 27.2. The van der Waals surface area contributed by atoms with E-state index in [9.17, 15) is 19.4 Å². The van der Waals surface area contributed by atoms with Gasteiger partial charge in [-0.1, -0.05) is 250 Å². The molecular formula is C54H107N2O6P. The van der Waals surface area contributed by atoms with E-state index in [4.69, 9.17) is 9.05 Å². The Kier molecular flexibility index (Phi) is 45.4. The molecule has 0 heterocycles. The minimum atomic E-state index is -4.59. The van der Waals surface area contributed by atoms with E-state index in [0.717, 1.165) is 38.5 Å². The average Bonchev–Trinajstić information content (AvgIpc) is 3.24. The molecule has 0 aromatic heterocycles. The number of phosphoric acid groups is 1. The van der Waals surface area contributed by atoms with Crippen molar-refractivity contribution in [2.75, 3.05) is 40.9 Å². The van der Waals surface area contributed by atoms with Crippen molar-refractivity contribution < 1.29 is 32.9 Å². The van der Waals surface area contributed by atoms with Gasteiger partial charge in [0.2, 0.25) is 5.91 Å². The topological polar surface area (TPSA) is 108 Å². The molecule has 63 heavy (non-hydrogen) atoms. The van der Waals surface area contributed by atoms with Crippen molar-refractivity contribution in [2.45, 2.75) is 276 Å². The molecule has 1 amide bonds. The number of aliphatic hydroxyl groups is 1. The summed E-state index contributed by atoms with van der Waals surface area (Å²) in [5.41, 5.74) is 0. The van der Waals surface area contributed by atoms with Gasteiger partial charge in [0.25, 0.3) is 7.82 Å². The Morgan fingerprint density at radius 3 is 1.29 bits per heavy atom. The normalized spacial score (nSPS) is 14.2. The number of hydrogen-bond acceptors (Lipinski definition) is 6. The number of amides is 1. The molecule has 0 aliphatic carbocycles. The van der Waals surface area contributed by atoms with E-state index in [1.165, 1.54) is 205 Å². The van der Waals surface area contributed by atoms with E-state index in [1.54, 1.807) is 6.08 Å². The van der Waals surface area contributed by atoms with Crippen molar-refractivity contribution in [3.05, 3.63) is 24.3 Å². The number of aliphatic hydroxyl groups excluding tert-OH is 1. The molecule has 0 bridgehead atoms. The molecule has 3 atom stereocenters. The van der Waals surface area contributed by atoms with Crippen LogP contribution in [0.15, 0.2) is 24.3 Å². The molecule has 0 aromatic rings. The van der Waals surface area contributed by atoms with Crippen molar-refractivity contribution in [2.24, 2.45) is 0 Å². The zero-order valence-corrected chi connectivity index (χ0v) is 43.4. The summed E-state index contributed by atoms with van der Waals surface area (Å²) in [6.07, 6.45) is 57.1. The second kappa shape index (κ2) is 46.1. The molecule has 0 saturated heterocycles. The van der Waals surface area contributed by atoms with Crippen LogP contribution in [0, 0.1) is 0 Å². The molecule has 374 valence electrons. The summed E-state index contributed by atoms with van der Waals surface area (Å²) in [7, 11) is 1.25. The molecule has 9 heteroatoms. The van der Waals surface area contributed by atoms with Gasteiger partial charge in [-0.3, -0.25) is 9.36 Å². The van der Waals surface area contributed by atoms with E-state index in [1.807, 2.05) is 27.2 Å². The van der Waals surface area contributed by atoms with E-state index in [-0.39, 0.29) is 19.1 Å². The summed E-state index contributed by atoms with van der Waals surface area (Å²) in [6, 6.07) is -0.898. The van der Waals surface area contributed by atoms with Gasteiger partial charge in [0.1, 0.15) is 13.2 Å². The van der Waals surface area contributed by atoms with Gasteiger partial charge in [0.15, 0.2) is 0 Å². The van der Waals surface area contributed by atoms with Gasteiger partial charge in [0.05, 0.1) is 39.9 Å². The fourth-order valence-corrected chi connectivity index (χ4v) is 8.84. The van der Waals surface area contributed by atoms with E-state index in [2.05, 4.69) is 31.3 Å². The van der Waals surface area contributed by atoms with Gasteiger partial charge in [-0.25, -0.2) is 0 Å². The van der Waals surface area contributed by atoms with Crippen molar-refractivity contribution in [1.82, 2.24) is 5.32 Å². The lowest BCUT2D eigenvalue weighted by molar-refractivity contribution is -0.870. The number of likely N-dealkylation sites (N-methyl/N-ethyl adjacent to an activating group) is 1. The molecular weight excluding hydrogens is 804 g/mol. The van der Waals surface area contributed by atoms with Crippen LogP contribution in [0.5, 0.6) is 0 Å². The van der Waals surface area contributed by atoms with Crippen molar-refractivity contribution in [3.8, 4) is 0 Å². The first-order valence-corrected chi connectivity index (χ1v) is 28.7. The lowest BCUT2D eigenvalue weighted by Crippen LogP contribution is -2.45. The van der Waals surface area contributed by atoms with Crippen LogP contribution < -0.4 is 10.2 Å². The molecule has 0 rings (SSSR count). The monoisotopic (exact) mass is 911 g/mol. The largest absolute Gasteiger partial charge is 0.756 e. The van der Waals surface area contributed by atoms with Gasteiger partial charge in [-0.2, -0.15) is 0 Å². The smallest absolute Gasteiger partial charge is 0.268 e. The highest BCUT2D eigenvalue weighted by molar-refractivity contribution is 7.45. The van der Waals surface area contributed by atoms with Gasteiger partial charge in [-0.15, -0.1) is 0 Å². The molecule has 8 nitrogen and oxygen atoms in total. The van der Waals surface area contributed by atoms with Crippen LogP contribution in [-0.2, 0) is 18.4 Å². The Morgan fingerprint density at radius 2 is 0.889 bits per heavy atom. The number of allylic oxidation sites excluding steroid dienone is 3. The molecule has 0 aliphatic rings. The number of nitrogens with zero attached hydrogens (tertiary/aromatic N) is 1. The number of nitrogens with one attached hydrogen (secondary N) is 1. The van der Waals surface area contributed by atoms with E-state index in [0.29, 0.717) is 17.4 Å². The third kappa shape index (κ3) is 48.7. The van der Waals surface area contributed by atoms with Gasteiger partial charge < -0.3 is 28.8 Å². The fourth-order valence-electron chi connectivity index (χ4n) is 8.11. The highest BCUT2D eigenvalue weighted by Gasteiger charge is 2.23. The van der Waals surface area contributed by atoms with Gasteiger partial charge in [0, 0.05) is 6.42 Å². The highest BCUT2D eigenvalue weighted by Crippen LogP contribution is 2.38. The third-order valence-corrected chi connectivity index (χ3v) is 13.4. The molecule has 0 aromatic carbocycles. The first kappa shape index (κ1) is 62.0. The third-order valence-electron chi connectivity index (χ3n) is 12.4. The lowest BCUT2D eigenvalue weighted by Gasteiger charge is -2.29. The van der Waals surface area contributed by atoms with E-state index >= 15 is 0 Å². The summed E-state index contributed by atoms with van der Waals surface area (Å²) in [5.74, 6) is -0.204. The predicted molar refractivity (Wildman–Crippen MR) is 270 cm³/mol. The Bertz CT molecular complexity index is 1080. The van der Waals surface area contributed by atoms with Crippen LogP contribution in [0.3, 0.4) is 0 Å². The Hall–Kier alpha value is -1.02. The predicted octanol–water partition coefficient (Wildman–Crippen LogP) is 15.4. The molecule has 0 fully saturated rings. The summed E-state index contributed by atoms with van der Waals surface area (Å²) in [4.78, 5) is 25.3. The minimum Gasteiger partial charge on any atom is -0.756 e.